The Balaban J connectivity index is 2.66. The van der Waals surface area contributed by atoms with E-state index in [0.29, 0.717) is 37.5 Å². The highest BCUT2D eigenvalue weighted by atomic mass is 79.9. The van der Waals surface area contributed by atoms with E-state index in [1.165, 1.54) is 0 Å². The van der Waals surface area contributed by atoms with Crippen LogP contribution in [0.3, 0.4) is 0 Å². The zero-order valence-corrected chi connectivity index (χ0v) is 13.5. The summed E-state index contributed by atoms with van der Waals surface area (Å²) in [5.74, 6) is 1.34. The number of amides is 1. The summed E-state index contributed by atoms with van der Waals surface area (Å²) in [6.45, 7) is 1.04. The second kappa shape index (κ2) is 8.81. The Morgan fingerprint density at radius 2 is 2.20 bits per heavy atom. The third-order valence-corrected chi connectivity index (χ3v) is 3.38. The molecule has 0 saturated carbocycles. The first-order valence-electron chi connectivity index (χ1n) is 6.52. The van der Waals surface area contributed by atoms with Crippen molar-refractivity contribution in [1.29, 1.82) is 0 Å². The van der Waals surface area contributed by atoms with Crippen LogP contribution >= 0.6 is 15.9 Å². The molecule has 6 heteroatoms. The number of rotatable bonds is 8. The molecule has 0 aliphatic carbocycles. The van der Waals surface area contributed by atoms with Gasteiger partial charge in [0.25, 0.3) is 0 Å². The van der Waals surface area contributed by atoms with Crippen molar-refractivity contribution in [3.05, 3.63) is 22.2 Å². The molecule has 1 aromatic carbocycles. The van der Waals surface area contributed by atoms with E-state index >= 15 is 0 Å². The van der Waals surface area contributed by atoms with Gasteiger partial charge in [0.1, 0.15) is 0 Å². The molecule has 1 aromatic rings. The second-order valence-corrected chi connectivity index (χ2v) is 5.13. The van der Waals surface area contributed by atoms with Crippen molar-refractivity contribution in [3.63, 3.8) is 0 Å². The normalized spacial score (nSPS) is 10.2. The summed E-state index contributed by atoms with van der Waals surface area (Å²) in [5, 5.41) is 2.58. The molecule has 0 bridgehead atoms. The maximum Gasteiger partial charge on any atom is 0.219 e. The topological polar surface area (TPSA) is 73.6 Å². The number of ether oxygens (including phenoxy) is 2. The van der Waals surface area contributed by atoms with Gasteiger partial charge in [0, 0.05) is 13.5 Å². The number of hydrogen-bond donors (Lipinski definition) is 2. The molecule has 0 unspecified atom stereocenters. The summed E-state index contributed by atoms with van der Waals surface area (Å²) >= 11 is 3.48. The first kappa shape index (κ1) is 16.8. The van der Waals surface area contributed by atoms with E-state index in [4.69, 9.17) is 15.2 Å². The quantitative estimate of drug-likeness (QED) is 0.706. The van der Waals surface area contributed by atoms with Gasteiger partial charge in [-0.05, 0) is 53.0 Å². The Morgan fingerprint density at radius 3 is 2.80 bits per heavy atom. The van der Waals surface area contributed by atoms with E-state index < -0.39 is 0 Å². The van der Waals surface area contributed by atoms with Crippen molar-refractivity contribution < 1.29 is 14.3 Å². The van der Waals surface area contributed by atoms with Gasteiger partial charge >= 0.3 is 0 Å². The summed E-state index contributed by atoms with van der Waals surface area (Å²) in [5.41, 5.74) is 6.65. The van der Waals surface area contributed by atoms with Crippen LogP contribution in [0, 0.1) is 0 Å². The predicted molar refractivity (Wildman–Crippen MR) is 82.2 cm³/mol. The van der Waals surface area contributed by atoms with Crippen molar-refractivity contribution in [1.82, 2.24) is 5.32 Å². The Bertz CT molecular complexity index is 452. The van der Waals surface area contributed by atoms with Gasteiger partial charge < -0.3 is 20.5 Å². The highest BCUT2D eigenvalue weighted by molar-refractivity contribution is 9.10. The maximum atomic E-state index is 11.1. The van der Waals surface area contributed by atoms with Gasteiger partial charge in [-0.2, -0.15) is 0 Å². The molecule has 0 aliphatic heterocycles. The van der Waals surface area contributed by atoms with Gasteiger partial charge in [0.15, 0.2) is 11.5 Å². The standard InChI is InChI=1S/C14H21BrN2O3/c1-17-13(18)4-3-7-20-14-11(15)8-10(5-6-16)9-12(14)19-2/h8-9H,3-7,16H2,1-2H3,(H,17,18). The lowest BCUT2D eigenvalue weighted by atomic mass is 10.1. The van der Waals surface area contributed by atoms with Crippen molar-refractivity contribution in [2.45, 2.75) is 19.3 Å². The Hall–Kier alpha value is -1.27. The highest BCUT2D eigenvalue weighted by Crippen LogP contribution is 2.36. The van der Waals surface area contributed by atoms with Gasteiger partial charge in [0.05, 0.1) is 18.2 Å². The van der Waals surface area contributed by atoms with E-state index in [-0.39, 0.29) is 5.91 Å². The molecular formula is C14H21BrN2O3. The molecule has 1 rings (SSSR count). The van der Waals surface area contributed by atoms with Crippen LogP contribution in [0.15, 0.2) is 16.6 Å². The average molecular weight is 345 g/mol. The molecule has 5 nitrogen and oxygen atoms in total. The zero-order valence-electron chi connectivity index (χ0n) is 11.9. The van der Waals surface area contributed by atoms with Crippen LogP contribution in [0.1, 0.15) is 18.4 Å². The molecular weight excluding hydrogens is 324 g/mol. The SMILES string of the molecule is CNC(=O)CCCOc1c(Br)cc(CCN)cc1OC. The Kier molecular flexibility index (Phi) is 7.40. The van der Waals surface area contributed by atoms with Crippen molar-refractivity contribution in [2.75, 3.05) is 27.3 Å². The number of nitrogens with one attached hydrogen (secondary N) is 1. The fraction of sp³-hybridized carbons (Fsp3) is 0.500. The minimum absolute atomic E-state index is 0.0120. The Labute approximate surface area is 127 Å². The minimum Gasteiger partial charge on any atom is -0.493 e. The van der Waals surface area contributed by atoms with E-state index in [0.717, 1.165) is 16.5 Å². The van der Waals surface area contributed by atoms with Crippen LogP contribution in [-0.4, -0.2) is 33.2 Å². The van der Waals surface area contributed by atoms with E-state index in [1.807, 2.05) is 12.1 Å². The number of hydrogen-bond acceptors (Lipinski definition) is 4. The van der Waals surface area contributed by atoms with Gasteiger partial charge in [-0.1, -0.05) is 0 Å². The Morgan fingerprint density at radius 1 is 1.45 bits per heavy atom. The third kappa shape index (κ3) is 5.02. The van der Waals surface area contributed by atoms with Crippen molar-refractivity contribution >= 4 is 21.8 Å². The minimum atomic E-state index is 0.0120. The van der Waals surface area contributed by atoms with Gasteiger partial charge in [-0.3, -0.25) is 4.79 Å². The van der Waals surface area contributed by atoms with Crippen LogP contribution in [0.2, 0.25) is 0 Å². The predicted octanol–water partition coefficient (Wildman–Crippen LogP) is 1.86. The van der Waals surface area contributed by atoms with E-state index in [9.17, 15) is 4.79 Å². The highest BCUT2D eigenvalue weighted by Gasteiger charge is 2.11. The molecule has 0 aromatic heterocycles. The summed E-state index contributed by atoms with van der Waals surface area (Å²) in [4.78, 5) is 11.1. The summed E-state index contributed by atoms with van der Waals surface area (Å²) in [6.07, 6.45) is 1.88. The fourth-order valence-electron chi connectivity index (χ4n) is 1.76. The number of nitrogens with two attached hydrogens (primary N) is 1. The first-order chi connectivity index (χ1) is 9.62. The molecule has 1 amide bonds. The van der Waals surface area contributed by atoms with Crippen LogP contribution in [0.25, 0.3) is 0 Å². The van der Waals surface area contributed by atoms with Gasteiger partial charge in [0.2, 0.25) is 5.91 Å². The molecule has 20 heavy (non-hydrogen) atoms. The lowest BCUT2D eigenvalue weighted by Gasteiger charge is -2.14. The third-order valence-electron chi connectivity index (χ3n) is 2.80. The van der Waals surface area contributed by atoms with Gasteiger partial charge in [-0.15, -0.1) is 0 Å². The van der Waals surface area contributed by atoms with Crippen LogP contribution in [0.5, 0.6) is 11.5 Å². The molecule has 0 atom stereocenters. The summed E-state index contributed by atoms with van der Waals surface area (Å²) in [6, 6.07) is 3.90. The number of carbonyl (C=O) groups excluding carboxylic acids is 1. The summed E-state index contributed by atoms with van der Waals surface area (Å²) in [7, 11) is 3.23. The summed E-state index contributed by atoms with van der Waals surface area (Å²) < 4.78 is 11.9. The maximum absolute atomic E-state index is 11.1. The zero-order chi connectivity index (χ0) is 15.0. The number of benzene rings is 1. The molecule has 0 saturated heterocycles. The van der Waals surface area contributed by atoms with Crippen LogP contribution < -0.4 is 20.5 Å². The van der Waals surface area contributed by atoms with Crippen molar-refractivity contribution in [2.24, 2.45) is 5.73 Å². The smallest absolute Gasteiger partial charge is 0.219 e. The first-order valence-corrected chi connectivity index (χ1v) is 7.31. The van der Waals surface area contributed by atoms with E-state index in [1.54, 1.807) is 14.2 Å². The lowest BCUT2D eigenvalue weighted by Crippen LogP contribution is -2.18. The van der Waals surface area contributed by atoms with Crippen LogP contribution in [-0.2, 0) is 11.2 Å². The largest absolute Gasteiger partial charge is 0.493 e. The van der Waals surface area contributed by atoms with Crippen molar-refractivity contribution in [3.8, 4) is 11.5 Å². The molecule has 112 valence electrons. The monoisotopic (exact) mass is 344 g/mol. The lowest BCUT2D eigenvalue weighted by molar-refractivity contribution is -0.120. The number of carbonyl (C=O) groups is 1. The van der Waals surface area contributed by atoms with Gasteiger partial charge in [-0.25, -0.2) is 0 Å². The van der Waals surface area contributed by atoms with Crippen LogP contribution in [0.4, 0.5) is 0 Å². The number of halogens is 1. The molecule has 0 aliphatic rings. The second-order valence-electron chi connectivity index (χ2n) is 4.27. The molecule has 0 radical (unpaired) electrons. The molecule has 0 fully saturated rings. The van der Waals surface area contributed by atoms with E-state index in [2.05, 4.69) is 21.2 Å². The number of methoxy groups -OCH3 is 1. The average Bonchev–Trinajstić information content (AvgIpc) is 2.44. The fourth-order valence-corrected chi connectivity index (χ4v) is 2.36. The molecule has 0 heterocycles. The molecule has 3 N–H and O–H groups in total. The molecule has 0 spiro atoms.